The van der Waals surface area contributed by atoms with Crippen LogP contribution < -0.4 is 21.7 Å². The summed E-state index contributed by atoms with van der Waals surface area (Å²) < 4.78 is 5.18. The first-order valence-electron chi connectivity index (χ1n) is 11.5. The topological polar surface area (TPSA) is 152 Å². The summed E-state index contributed by atoms with van der Waals surface area (Å²) in [6.45, 7) is 4.72. The molecule has 0 aliphatic carbocycles. The predicted molar refractivity (Wildman–Crippen MR) is 128 cm³/mol. The maximum atomic E-state index is 12.8. The van der Waals surface area contributed by atoms with Gasteiger partial charge in [-0.2, -0.15) is 0 Å². The van der Waals surface area contributed by atoms with Gasteiger partial charge in [0, 0.05) is 12.2 Å². The van der Waals surface area contributed by atoms with Gasteiger partial charge in [0.05, 0.1) is 4.91 Å². The van der Waals surface area contributed by atoms with Crippen LogP contribution >= 0.6 is 0 Å². The molecular weight excluding hydrogens is 442 g/mol. The van der Waals surface area contributed by atoms with E-state index < -0.39 is 11.9 Å². The molecule has 1 rings (SSSR count). The first kappa shape index (κ1) is 29.0. The number of carbonyl (C=O) groups excluding carboxylic acids is 3. The third-order valence-corrected chi connectivity index (χ3v) is 4.74. The van der Waals surface area contributed by atoms with Crippen LogP contribution in [0.1, 0.15) is 45.1 Å². The fourth-order valence-corrected chi connectivity index (χ4v) is 2.86. The molecule has 1 aromatic rings. The number of nitrogens with zero attached hydrogens (tertiary/aromatic N) is 1. The number of rotatable bonds is 17. The van der Waals surface area contributed by atoms with Crippen LogP contribution in [-0.2, 0) is 30.6 Å². The van der Waals surface area contributed by atoms with Crippen molar-refractivity contribution >= 4 is 23.4 Å². The third-order valence-electron chi connectivity index (χ3n) is 4.74. The third kappa shape index (κ3) is 13.5. The van der Waals surface area contributed by atoms with Crippen LogP contribution in [0.25, 0.3) is 0 Å². The molecule has 0 heterocycles. The van der Waals surface area contributed by atoms with Gasteiger partial charge in [-0.15, -0.1) is 0 Å². The smallest absolute Gasteiger partial charge is 0.246 e. The number of nitrogens with one attached hydrogen (secondary N) is 3. The van der Waals surface area contributed by atoms with Crippen molar-refractivity contribution in [2.45, 2.75) is 52.2 Å². The van der Waals surface area contributed by atoms with Crippen LogP contribution in [0.5, 0.6) is 0 Å². The maximum absolute atomic E-state index is 12.8. The standard InChI is InChI=1S/C23H37N5O6/c1-17(2)11-13-25-21(29)15-33-16-22(30)27-20(6-4-5-12-24)23(31)26-19-9-7-18(8-10-19)14-34-28(3)32/h7-10,17,20H,4-6,11-16,24H2,1-3H3,(H2-,25,26,27,29,30,31)/p+1. The van der Waals surface area contributed by atoms with E-state index in [9.17, 15) is 19.3 Å². The Balaban J connectivity index is 2.54. The second kappa shape index (κ2) is 16.5. The van der Waals surface area contributed by atoms with E-state index in [1.807, 2.05) is 0 Å². The minimum atomic E-state index is -0.778. The van der Waals surface area contributed by atoms with Crippen molar-refractivity contribution in [2.24, 2.45) is 11.7 Å². The van der Waals surface area contributed by atoms with E-state index in [4.69, 9.17) is 15.3 Å². The zero-order valence-corrected chi connectivity index (χ0v) is 20.3. The van der Waals surface area contributed by atoms with Crippen molar-refractivity contribution in [3.8, 4) is 0 Å². The summed E-state index contributed by atoms with van der Waals surface area (Å²) in [6.07, 6.45) is 2.65. The molecule has 0 saturated carbocycles. The molecule has 11 nitrogen and oxygen atoms in total. The highest BCUT2D eigenvalue weighted by atomic mass is 16.8. The Morgan fingerprint density at radius 1 is 1.03 bits per heavy atom. The fraction of sp³-hybridized carbons (Fsp3) is 0.609. The van der Waals surface area contributed by atoms with Gasteiger partial charge in [0.25, 0.3) is 0 Å². The van der Waals surface area contributed by atoms with Crippen LogP contribution in [0.15, 0.2) is 24.3 Å². The molecule has 1 aromatic carbocycles. The van der Waals surface area contributed by atoms with Crippen LogP contribution in [0.4, 0.5) is 5.69 Å². The molecular formula is C23H38N5O6+. The van der Waals surface area contributed by atoms with Gasteiger partial charge in [0.1, 0.15) is 19.3 Å². The highest BCUT2D eigenvalue weighted by Gasteiger charge is 2.21. The summed E-state index contributed by atoms with van der Waals surface area (Å²) in [7, 11) is 1.25. The lowest BCUT2D eigenvalue weighted by atomic mass is 10.1. The molecule has 0 spiro atoms. The van der Waals surface area contributed by atoms with Crippen LogP contribution in [0.2, 0.25) is 0 Å². The highest BCUT2D eigenvalue weighted by molar-refractivity contribution is 5.97. The van der Waals surface area contributed by atoms with Crippen molar-refractivity contribution in [1.29, 1.82) is 0 Å². The molecule has 0 aliphatic rings. The number of ether oxygens (including phenoxy) is 1. The molecule has 0 fully saturated rings. The molecule has 5 N–H and O–H groups in total. The highest BCUT2D eigenvalue weighted by Crippen LogP contribution is 2.12. The van der Waals surface area contributed by atoms with E-state index in [0.29, 0.717) is 42.5 Å². The summed E-state index contributed by atoms with van der Waals surface area (Å²) in [6, 6.07) is 6.03. The van der Waals surface area contributed by atoms with Crippen molar-refractivity contribution in [3.05, 3.63) is 34.7 Å². The fourth-order valence-electron chi connectivity index (χ4n) is 2.86. The molecule has 1 atom stereocenters. The van der Waals surface area contributed by atoms with Crippen LogP contribution in [0, 0.1) is 10.8 Å². The van der Waals surface area contributed by atoms with E-state index in [-0.39, 0.29) is 31.6 Å². The SMILES string of the molecule is CC(C)CCNC(=O)COCC(=O)NC(CCCCN)C(=O)Nc1ccc(CO[N+](C)=O)cc1. The average molecular weight is 481 g/mol. The molecule has 0 aromatic heterocycles. The Morgan fingerprint density at radius 3 is 2.32 bits per heavy atom. The van der Waals surface area contributed by atoms with Gasteiger partial charge in [0.2, 0.25) is 29.7 Å². The normalized spacial score (nSPS) is 11.6. The maximum Gasteiger partial charge on any atom is 0.246 e. The number of carbonyl (C=O) groups is 3. The number of unbranched alkanes of at least 4 members (excludes halogenated alkanes) is 1. The molecule has 11 heteroatoms. The van der Waals surface area contributed by atoms with E-state index in [2.05, 4.69) is 29.8 Å². The van der Waals surface area contributed by atoms with Gasteiger partial charge < -0.3 is 26.4 Å². The Bertz CT molecular complexity index is 785. The lowest BCUT2D eigenvalue weighted by molar-refractivity contribution is -0.789. The monoisotopic (exact) mass is 480 g/mol. The zero-order valence-electron chi connectivity index (χ0n) is 20.3. The number of amides is 3. The Hall–Kier alpha value is -3.05. The second-order valence-corrected chi connectivity index (χ2v) is 8.33. The second-order valence-electron chi connectivity index (χ2n) is 8.33. The van der Waals surface area contributed by atoms with E-state index in [1.54, 1.807) is 24.3 Å². The lowest BCUT2D eigenvalue weighted by Gasteiger charge is -2.18. The first-order valence-corrected chi connectivity index (χ1v) is 11.5. The number of nitrogens with two attached hydrogens (primary N) is 1. The molecule has 0 bridgehead atoms. The summed E-state index contributed by atoms with van der Waals surface area (Å²) in [5.41, 5.74) is 6.84. The number of anilines is 1. The quantitative estimate of drug-likeness (QED) is 0.193. The van der Waals surface area contributed by atoms with Crippen molar-refractivity contribution in [2.75, 3.05) is 38.7 Å². The van der Waals surface area contributed by atoms with Gasteiger partial charge in [-0.1, -0.05) is 26.0 Å². The summed E-state index contributed by atoms with van der Waals surface area (Å²) in [5.74, 6) is -0.675. The van der Waals surface area contributed by atoms with Gasteiger partial charge in [-0.25, -0.2) is 4.84 Å². The van der Waals surface area contributed by atoms with Gasteiger partial charge >= 0.3 is 0 Å². The molecule has 1 unspecified atom stereocenters. The number of hydrogen-bond donors (Lipinski definition) is 4. The van der Waals surface area contributed by atoms with Crippen molar-refractivity contribution in [1.82, 2.24) is 10.6 Å². The molecule has 0 aliphatic heterocycles. The van der Waals surface area contributed by atoms with Crippen LogP contribution in [0.3, 0.4) is 0 Å². The summed E-state index contributed by atoms with van der Waals surface area (Å²) in [5, 5.41) is 8.16. The van der Waals surface area contributed by atoms with E-state index in [1.165, 1.54) is 7.05 Å². The average Bonchev–Trinajstić information content (AvgIpc) is 2.77. The lowest BCUT2D eigenvalue weighted by Crippen LogP contribution is -2.45. The molecule has 3 amide bonds. The molecule has 34 heavy (non-hydrogen) atoms. The Morgan fingerprint density at radius 2 is 1.71 bits per heavy atom. The Labute approximate surface area is 200 Å². The summed E-state index contributed by atoms with van der Waals surface area (Å²) >= 11 is 0. The number of benzene rings is 1. The van der Waals surface area contributed by atoms with Gasteiger partial charge in [-0.3, -0.25) is 14.4 Å². The van der Waals surface area contributed by atoms with Gasteiger partial charge in [0.15, 0.2) is 6.61 Å². The molecule has 190 valence electrons. The largest absolute Gasteiger partial charge is 0.362 e. The van der Waals surface area contributed by atoms with Crippen LogP contribution in [-0.4, -0.2) is 62.0 Å². The predicted octanol–water partition coefficient (Wildman–Crippen LogP) is 1.26. The first-order chi connectivity index (χ1) is 16.2. The summed E-state index contributed by atoms with van der Waals surface area (Å²) in [4.78, 5) is 52.8. The number of hydrogen-bond acceptors (Lipinski definition) is 7. The molecule has 0 radical (unpaired) electrons. The zero-order chi connectivity index (χ0) is 25.3. The minimum Gasteiger partial charge on any atom is -0.362 e. The van der Waals surface area contributed by atoms with Crippen molar-refractivity contribution in [3.63, 3.8) is 0 Å². The molecule has 0 saturated heterocycles. The minimum absolute atomic E-state index is 0.113. The van der Waals surface area contributed by atoms with Gasteiger partial charge in [-0.05, 0) is 55.8 Å². The van der Waals surface area contributed by atoms with E-state index >= 15 is 0 Å². The van der Waals surface area contributed by atoms with Crippen molar-refractivity contribution < 1.29 is 28.9 Å². The van der Waals surface area contributed by atoms with E-state index in [0.717, 1.165) is 18.4 Å². The Kier molecular flexibility index (Phi) is 14.1.